The minimum absolute atomic E-state index is 0.0213. The third-order valence-electron chi connectivity index (χ3n) is 14.9. The molecule has 0 radical (unpaired) electrons. The van der Waals surface area contributed by atoms with Gasteiger partial charge < -0.3 is 21.3 Å². The summed E-state index contributed by atoms with van der Waals surface area (Å²) in [6.07, 6.45) is 15.4. The number of halogens is 3. The number of carbonyl (C=O) groups is 6. The van der Waals surface area contributed by atoms with Crippen LogP contribution in [0.1, 0.15) is 72.4 Å². The summed E-state index contributed by atoms with van der Waals surface area (Å²) < 4.78 is 80.7. The summed E-state index contributed by atoms with van der Waals surface area (Å²) in [5.41, 5.74) is 5.83. The SMILES string of the molecule is CS(=O)(=O)c1nc(NCCc2cccc(F)c2)n2ncc(/C=C3\CC(=O)NC3=O)c2n1.CS(=O)c1nc(NCCc2cccc(F)c2)n2ncc(/C=C3\CC(=O)NC3=O)c2n1.C[C@H](Nc1nc(NCCc2cccc(F)c2)n2ncc(/C=C3\CC(=O)NC3=O)c2n1)C1CC1. The van der Waals surface area contributed by atoms with Gasteiger partial charge in [0.25, 0.3) is 22.9 Å². The van der Waals surface area contributed by atoms with E-state index in [-0.39, 0.29) is 76.9 Å². The molecule has 33 heteroatoms. The highest BCUT2D eigenvalue weighted by atomic mass is 32.2. The first-order valence-corrected chi connectivity index (χ1v) is 32.7. The van der Waals surface area contributed by atoms with Crippen LogP contribution in [0, 0.1) is 23.4 Å². The van der Waals surface area contributed by atoms with Gasteiger partial charge in [0.15, 0.2) is 16.9 Å². The molecule has 3 saturated heterocycles. The Bertz CT molecular complexity index is 4780. The summed E-state index contributed by atoms with van der Waals surface area (Å²) in [5, 5.41) is 32.0. The predicted molar refractivity (Wildman–Crippen MR) is 337 cm³/mol. The normalized spacial score (nSPS) is 16.7. The second kappa shape index (κ2) is 27.9. The molecule has 0 bridgehead atoms. The van der Waals surface area contributed by atoms with Crippen molar-refractivity contribution in [2.75, 3.05) is 53.4 Å². The molecule has 1 aliphatic carbocycles. The number of nitrogens with zero attached hydrogens (tertiary/aromatic N) is 12. The Labute approximate surface area is 534 Å². The molecule has 484 valence electrons. The number of hydrogen-bond donors (Lipinski definition) is 7. The lowest BCUT2D eigenvalue weighted by Gasteiger charge is -2.15. The Balaban J connectivity index is 0.000000144. The highest BCUT2D eigenvalue weighted by Gasteiger charge is 2.30. The molecule has 3 aliphatic heterocycles. The minimum Gasteiger partial charge on any atom is -0.354 e. The molecule has 9 heterocycles. The molecular formula is C61H58F3N19O9S2. The Morgan fingerprint density at radius 1 is 0.564 bits per heavy atom. The molecule has 3 aromatic carbocycles. The van der Waals surface area contributed by atoms with E-state index in [1.807, 2.05) is 12.1 Å². The number of anilines is 4. The zero-order valence-corrected chi connectivity index (χ0v) is 51.9. The number of amides is 6. The van der Waals surface area contributed by atoms with Crippen molar-refractivity contribution in [2.45, 2.75) is 74.6 Å². The van der Waals surface area contributed by atoms with Crippen LogP contribution >= 0.6 is 0 Å². The molecule has 94 heavy (non-hydrogen) atoms. The van der Waals surface area contributed by atoms with E-state index in [1.165, 1.54) is 89.1 Å². The van der Waals surface area contributed by atoms with Crippen molar-refractivity contribution >= 4 is 115 Å². The third-order valence-corrected chi connectivity index (χ3v) is 16.4. The van der Waals surface area contributed by atoms with E-state index >= 15 is 0 Å². The summed E-state index contributed by atoms with van der Waals surface area (Å²) in [7, 11) is -5.20. The van der Waals surface area contributed by atoms with Crippen molar-refractivity contribution in [3.63, 3.8) is 0 Å². The van der Waals surface area contributed by atoms with Crippen LogP contribution in [0.25, 0.3) is 35.2 Å². The van der Waals surface area contributed by atoms with Crippen LogP contribution in [0.3, 0.4) is 0 Å². The van der Waals surface area contributed by atoms with E-state index in [0.29, 0.717) is 102 Å². The van der Waals surface area contributed by atoms with Gasteiger partial charge in [-0.25, -0.2) is 21.6 Å². The van der Waals surface area contributed by atoms with Crippen LogP contribution in [-0.2, 0) is 68.7 Å². The number of carbonyl (C=O) groups excluding carboxylic acids is 6. The number of imide groups is 3. The fourth-order valence-electron chi connectivity index (χ4n) is 10.0. The van der Waals surface area contributed by atoms with Crippen molar-refractivity contribution < 1.29 is 54.6 Å². The summed E-state index contributed by atoms with van der Waals surface area (Å²) in [4.78, 5) is 96.0. The van der Waals surface area contributed by atoms with Gasteiger partial charge in [-0.05, 0) is 116 Å². The summed E-state index contributed by atoms with van der Waals surface area (Å²) >= 11 is 0. The molecule has 6 amide bonds. The van der Waals surface area contributed by atoms with Crippen LogP contribution < -0.4 is 37.2 Å². The van der Waals surface area contributed by atoms with Crippen LogP contribution in [0.15, 0.2) is 118 Å². The third kappa shape index (κ3) is 15.8. The average molecular weight is 1320 g/mol. The number of hydrogen-bond acceptors (Lipinski definition) is 22. The van der Waals surface area contributed by atoms with Gasteiger partial charge in [0, 0.05) is 71.6 Å². The number of benzene rings is 3. The van der Waals surface area contributed by atoms with E-state index in [0.717, 1.165) is 22.9 Å². The van der Waals surface area contributed by atoms with Crippen LogP contribution in [-0.4, -0.2) is 145 Å². The van der Waals surface area contributed by atoms with Gasteiger partial charge in [-0.2, -0.15) is 58.7 Å². The van der Waals surface area contributed by atoms with E-state index in [2.05, 4.69) is 89.3 Å². The van der Waals surface area contributed by atoms with E-state index < -0.39 is 49.4 Å². The molecular weight excluding hydrogens is 1260 g/mol. The second-order valence-electron chi connectivity index (χ2n) is 22.1. The topological polar surface area (TPSA) is 367 Å². The van der Waals surface area contributed by atoms with Gasteiger partial charge in [0.2, 0.25) is 56.5 Å². The minimum atomic E-state index is -3.75. The maximum atomic E-state index is 13.5. The molecule has 13 rings (SSSR count). The first-order valence-electron chi connectivity index (χ1n) is 29.2. The van der Waals surface area contributed by atoms with E-state index in [9.17, 15) is 54.6 Å². The van der Waals surface area contributed by atoms with Crippen molar-refractivity contribution in [3.05, 3.63) is 159 Å². The van der Waals surface area contributed by atoms with Gasteiger partial charge in [-0.1, -0.05) is 36.4 Å². The highest BCUT2D eigenvalue weighted by Crippen LogP contribution is 2.34. The summed E-state index contributed by atoms with van der Waals surface area (Å²) in [6, 6.07) is 19.1. The van der Waals surface area contributed by atoms with Gasteiger partial charge in [-0.15, -0.1) is 0 Å². The highest BCUT2D eigenvalue weighted by molar-refractivity contribution is 7.90. The smallest absolute Gasteiger partial charge is 0.254 e. The van der Waals surface area contributed by atoms with Gasteiger partial charge in [-0.3, -0.25) is 48.9 Å². The lowest BCUT2D eigenvalue weighted by atomic mass is 10.1. The molecule has 7 N–H and O–H groups in total. The molecule has 28 nitrogen and oxygen atoms in total. The monoisotopic (exact) mass is 1320 g/mol. The van der Waals surface area contributed by atoms with Crippen LogP contribution in [0.4, 0.5) is 37.0 Å². The number of rotatable bonds is 20. The number of sulfone groups is 1. The Morgan fingerprint density at radius 2 is 0.947 bits per heavy atom. The number of nitrogens with one attached hydrogen (secondary N) is 7. The molecule has 1 saturated carbocycles. The van der Waals surface area contributed by atoms with E-state index in [4.69, 9.17) is 0 Å². The quantitative estimate of drug-likeness (QED) is 0.0411. The first kappa shape index (κ1) is 64.6. The maximum Gasteiger partial charge on any atom is 0.254 e. The largest absolute Gasteiger partial charge is 0.354 e. The molecule has 4 aliphatic rings. The number of aromatic nitrogens is 12. The molecule has 4 fully saturated rings. The Hall–Kier alpha value is -11.0. The van der Waals surface area contributed by atoms with Crippen LogP contribution in [0.2, 0.25) is 0 Å². The average Bonchev–Trinajstić information content (AvgIpc) is 1.63. The maximum absolute atomic E-state index is 13.5. The van der Waals surface area contributed by atoms with Crippen molar-refractivity contribution in [2.24, 2.45) is 5.92 Å². The standard InChI is InChI=1S/C23H24FN7O2.C19H17FN6O4S.C19H17FN6O3S/c1-13(15-5-6-15)27-22-29-20-17(10-16-11-19(32)28-21(16)33)12-26-31(20)23(30-22)25-8-7-14-3-2-4-18(24)9-14;1-31(29,30)19-24-16-13(8-12-9-15(27)23-17(12)28)10-22-26(16)18(25-19)21-6-5-11-3-2-4-14(20)7-11;1-30(29)19-24-16-13(8-12-9-15(27)23-17(12)28)10-22-26(16)18(25-19)21-6-5-11-3-2-4-14(20)7-11/h2-4,9-10,12-13,15H,5-8,11H2,1H3,(H,28,32,33)(H2,25,27,29,30);2-4,7-8,10H,5-6,9H2,1H3,(H,21,24,25)(H,23,27,28);2-4,7-8,10H,5-6,9H2,1H3,(H,21,24,25)(H,23,27,28)/b16-10+;2*12-8+/t13-;;/m0../s1. The zero-order valence-electron chi connectivity index (χ0n) is 50.3. The zero-order chi connectivity index (χ0) is 66.4. The lowest BCUT2D eigenvalue weighted by Crippen LogP contribution is -2.21. The van der Waals surface area contributed by atoms with Gasteiger partial charge in [0.1, 0.15) is 17.5 Å². The lowest BCUT2D eigenvalue weighted by molar-refractivity contribution is -0.125. The Kier molecular flexibility index (Phi) is 19.1. The molecule has 2 atom stereocenters. The van der Waals surface area contributed by atoms with Crippen molar-refractivity contribution in [1.29, 1.82) is 0 Å². The fourth-order valence-corrected chi connectivity index (χ4v) is 11.0. The van der Waals surface area contributed by atoms with Gasteiger partial charge in [0.05, 0.1) is 48.7 Å². The Morgan fingerprint density at radius 3 is 1.31 bits per heavy atom. The molecule has 6 aromatic heterocycles. The predicted octanol–water partition coefficient (Wildman–Crippen LogP) is 4.40. The molecule has 9 aromatic rings. The molecule has 1 unspecified atom stereocenters. The first-order chi connectivity index (χ1) is 45.1. The summed E-state index contributed by atoms with van der Waals surface area (Å²) in [6.45, 7) is 3.38. The summed E-state index contributed by atoms with van der Waals surface area (Å²) in [5.74, 6) is -1.41. The second-order valence-corrected chi connectivity index (χ2v) is 25.3. The van der Waals surface area contributed by atoms with Gasteiger partial charge >= 0.3 is 0 Å². The van der Waals surface area contributed by atoms with Crippen molar-refractivity contribution in [1.82, 2.24) is 74.7 Å². The number of fused-ring (bicyclic) bond motifs is 3. The van der Waals surface area contributed by atoms with Crippen LogP contribution in [0.5, 0.6) is 0 Å². The fraction of sp³-hybridized carbons (Fsp3) is 0.262. The van der Waals surface area contributed by atoms with Crippen molar-refractivity contribution in [3.8, 4) is 0 Å². The van der Waals surface area contributed by atoms with E-state index in [1.54, 1.807) is 41.1 Å². The molecule has 0 spiro atoms.